The normalized spacial score (nSPS) is 21.1. The van der Waals surface area contributed by atoms with Gasteiger partial charge in [-0.3, -0.25) is 0 Å². The summed E-state index contributed by atoms with van der Waals surface area (Å²) in [4.78, 5) is 12.5. The first-order chi connectivity index (χ1) is 14.6. The lowest BCUT2D eigenvalue weighted by atomic mass is 9.87. The van der Waals surface area contributed by atoms with Crippen molar-refractivity contribution in [1.82, 2.24) is 4.57 Å². The summed E-state index contributed by atoms with van der Waals surface area (Å²) in [5, 5.41) is 1.29. The quantitative estimate of drug-likeness (QED) is 0.340. The Balaban J connectivity index is 1.38. The lowest BCUT2D eigenvalue weighted by Crippen LogP contribution is -2.30. The highest BCUT2D eigenvalue weighted by Gasteiger charge is 2.54. The molecular formula is C26H21NO3. The number of esters is 1. The molecule has 2 aliphatic rings. The van der Waals surface area contributed by atoms with Crippen LogP contribution in [-0.2, 0) is 19.1 Å². The number of hydrogen-bond acceptors (Lipinski definition) is 3. The number of carbonyl (C=O) groups excluding carboxylic acids is 1. The van der Waals surface area contributed by atoms with Crippen molar-refractivity contribution in [1.29, 1.82) is 0 Å². The predicted octanol–water partition coefficient (Wildman–Crippen LogP) is 5.35. The van der Waals surface area contributed by atoms with E-state index in [1.54, 1.807) is 12.1 Å². The molecule has 2 heterocycles. The number of para-hydroxylation sites is 1. The monoisotopic (exact) mass is 395 g/mol. The second kappa shape index (κ2) is 5.99. The summed E-state index contributed by atoms with van der Waals surface area (Å²) in [5.41, 5.74) is 5.06. The number of aryl methyl sites for hydroxylation is 1. The highest BCUT2D eigenvalue weighted by Crippen LogP contribution is 2.58. The van der Waals surface area contributed by atoms with Gasteiger partial charge in [0.25, 0.3) is 0 Å². The highest BCUT2D eigenvalue weighted by atomic mass is 16.5. The van der Waals surface area contributed by atoms with Crippen molar-refractivity contribution in [3.63, 3.8) is 0 Å². The van der Waals surface area contributed by atoms with Gasteiger partial charge in [-0.25, -0.2) is 4.79 Å². The van der Waals surface area contributed by atoms with Crippen LogP contribution in [0.25, 0.3) is 10.9 Å². The number of hydrogen-bond donors (Lipinski definition) is 0. The first kappa shape index (κ1) is 17.3. The number of rotatable bonds is 2. The fourth-order valence-corrected chi connectivity index (χ4v) is 5.32. The molecule has 2 atom stereocenters. The molecule has 1 aliphatic carbocycles. The second-order valence-electron chi connectivity index (χ2n) is 8.32. The van der Waals surface area contributed by atoms with Crippen LogP contribution in [0.2, 0.25) is 0 Å². The van der Waals surface area contributed by atoms with E-state index in [0.29, 0.717) is 11.3 Å². The third-order valence-electron chi connectivity index (χ3n) is 6.65. The zero-order valence-electron chi connectivity index (χ0n) is 16.9. The summed E-state index contributed by atoms with van der Waals surface area (Å²) in [6.07, 6.45) is 0.913. The maximum atomic E-state index is 12.5. The molecule has 0 radical (unpaired) electrons. The fraction of sp³-hybridized carbons (Fsp3) is 0.192. The Morgan fingerprint density at radius 3 is 2.67 bits per heavy atom. The van der Waals surface area contributed by atoms with Crippen LogP contribution in [0.3, 0.4) is 0 Å². The van der Waals surface area contributed by atoms with Gasteiger partial charge in [0.2, 0.25) is 0 Å². The first-order valence-electron chi connectivity index (χ1n) is 10.2. The van der Waals surface area contributed by atoms with Gasteiger partial charge in [0, 0.05) is 29.4 Å². The molecule has 4 heteroatoms. The van der Waals surface area contributed by atoms with Crippen LogP contribution in [0.5, 0.6) is 11.5 Å². The smallest absolute Gasteiger partial charge is 0.343 e. The van der Waals surface area contributed by atoms with E-state index < -0.39 is 5.60 Å². The molecule has 30 heavy (non-hydrogen) atoms. The van der Waals surface area contributed by atoms with Gasteiger partial charge in [0.05, 0.1) is 11.3 Å². The molecule has 0 unspecified atom stereocenters. The minimum Gasteiger partial charge on any atom is -0.480 e. The van der Waals surface area contributed by atoms with E-state index in [2.05, 4.69) is 42.8 Å². The third kappa shape index (κ3) is 2.25. The lowest BCUT2D eigenvalue weighted by molar-refractivity contribution is 0.0734. The summed E-state index contributed by atoms with van der Waals surface area (Å²) >= 11 is 0. The number of benzene rings is 3. The molecule has 0 N–H and O–H groups in total. The van der Waals surface area contributed by atoms with Gasteiger partial charge in [-0.1, -0.05) is 36.4 Å². The number of carbonyl (C=O) groups is 1. The van der Waals surface area contributed by atoms with Crippen LogP contribution in [0.4, 0.5) is 0 Å². The summed E-state index contributed by atoms with van der Waals surface area (Å²) in [7, 11) is 2.12. The van der Waals surface area contributed by atoms with E-state index in [1.807, 2.05) is 36.4 Å². The standard InChI is InChI=1S/C26H21NO3/c1-26-21(15-19-18-10-6-7-11-22(18)27(2)24(19)26)20-14-17(12-13-23(20)30-26)29-25(28)16-8-4-3-5-9-16/h3-14,21H,15H2,1-2H3/t21-,26+/m0/s1. The van der Waals surface area contributed by atoms with Crippen molar-refractivity contribution in [3.05, 3.63) is 95.2 Å². The van der Waals surface area contributed by atoms with Gasteiger partial charge >= 0.3 is 5.97 Å². The second-order valence-corrected chi connectivity index (χ2v) is 8.32. The maximum Gasteiger partial charge on any atom is 0.343 e. The Labute approximate surface area is 174 Å². The van der Waals surface area contributed by atoms with Gasteiger partial charge in [0.1, 0.15) is 11.5 Å². The van der Waals surface area contributed by atoms with E-state index in [9.17, 15) is 4.79 Å². The van der Waals surface area contributed by atoms with E-state index in [4.69, 9.17) is 9.47 Å². The summed E-state index contributed by atoms with van der Waals surface area (Å²) in [6, 6.07) is 23.3. The summed E-state index contributed by atoms with van der Waals surface area (Å²) < 4.78 is 14.5. The molecule has 1 aromatic heterocycles. The van der Waals surface area contributed by atoms with E-state index in [1.165, 1.54) is 22.2 Å². The first-order valence-corrected chi connectivity index (χ1v) is 10.2. The molecular weight excluding hydrogens is 374 g/mol. The Morgan fingerprint density at radius 2 is 1.83 bits per heavy atom. The molecule has 0 fully saturated rings. The van der Waals surface area contributed by atoms with Crippen molar-refractivity contribution in [2.24, 2.45) is 7.05 Å². The van der Waals surface area contributed by atoms with E-state index in [-0.39, 0.29) is 11.9 Å². The summed E-state index contributed by atoms with van der Waals surface area (Å²) in [5.74, 6) is 1.27. The van der Waals surface area contributed by atoms with Crippen molar-refractivity contribution in [2.75, 3.05) is 0 Å². The molecule has 6 rings (SSSR count). The predicted molar refractivity (Wildman–Crippen MR) is 115 cm³/mol. The van der Waals surface area contributed by atoms with Crippen molar-refractivity contribution in [2.45, 2.75) is 24.9 Å². The average molecular weight is 395 g/mol. The average Bonchev–Trinajstić information content (AvgIpc) is 3.33. The molecule has 0 saturated carbocycles. The Kier molecular flexibility index (Phi) is 3.46. The summed E-state index contributed by atoms with van der Waals surface area (Å²) in [6.45, 7) is 2.18. The Hall–Kier alpha value is -3.53. The van der Waals surface area contributed by atoms with Gasteiger partial charge in [0.15, 0.2) is 5.60 Å². The largest absolute Gasteiger partial charge is 0.480 e. The number of nitrogens with zero attached hydrogens (tertiary/aromatic N) is 1. The third-order valence-corrected chi connectivity index (χ3v) is 6.65. The van der Waals surface area contributed by atoms with Gasteiger partial charge in [-0.05, 0) is 55.3 Å². The fourth-order valence-electron chi connectivity index (χ4n) is 5.32. The van der Waals surface area contributed by atoms with Crippen LogP contribution < -0.4 is 9.47 Å². The zero-order valence-corrected chi connectivity index (χ0v) is 16.9. The Morgan fingerprint density at radius 1 is 1.07 bits per heavy atom. The van der Waals surface area contributed by atoms with Crippen LogP contribution in [0.1, 0.15) is 40.0 Å². The number of aromatic nitrogens is 1. The SMILES string of the molecule is Cn1c2c(c3ccccc31)C[C@H]1c3cc(OC(=O)c4ccccc4)ccc3O[C@@]21C. The van der Waals surface area contributed by atoms with Gasteiger partial charge in [-0.15, -0.1) is 0 Å². The van der Waals surface area contributed by atoms with Gasteiger partial charge in [-0.2, -0.15) is 0 Å². The van der Waals surface area contributed by atoms with Crippen LogP contribution in [0.15, 0.2) is 72.8 Å². The molecule has 4 aromatic rings. The minimum atomic E-state index is -0.423. The molecule has 0 saturated heterocycles. The van der Waals surface area contributed by atoms with Crippen molar-refractivity contribution in [3.8, 4) is 11.5 Å². The Bertz CT molecular complexity index is 1320. The van der Waals surface area contributed by atoms with Crippen molar-refractivity contribution >= 4 is 16.9 Å². The lowest BCUT2D eigenvalue weighted by Gasteiger charge is -2.26. The topological polar surface area (TPSA) is 40.5 Å². The maximum absolute atomic E-state index is 12.5. The number of ether oxygens (including phenoxy) is 2. The molecule has 148 valence electrons. The van der Waals surface area contributed by atoms with Crippen LogP contribution in [-0.4, -0.2) is 10.5 Å². The van der Waals surface area contributed by atoms with Crippen LogP contribution >= 0.6 is 0 Å². The van der Waals surface area contributed by atoms with Crippen molar-refractivity contribution < 1.29 is 14.3 Å². The van der Waals surface area contributed by atoms with E-state index in [0.717, 1.165) is 17.7 Å². The van der Waals surface area contributed by atoms with E-state index >= 15 is 0 Å². The van der Waals surface area contributed by atoms with Crippen LogP contribution in [0, 0.1) is 0 Å². The molecule has 0 bridgehead atoms. The molecule has 0 amide bonds. The van der Waals surface area contributed by atoms with Gasteiger partial charge < -0.3 is 14.0 Å². The highest BCUT2D eigenvalue weighted by molar-refractivity contribution is 5.91. The minimum absolute atomic E-state index is 0.198. The molecule has 4 nitrogen and oxygen atoms in total. The molecule has 3 aromatic carbocycles. The number of fused-ring (bicyclic) bond motifs is 7. The molecule has 1 aliphatic heterocycles. The molecule has 0 spiro atoms. The zero-order chi connectivity index (χ0) is 20.5.